The minimum Gasteiger partial charge on any atom is -0.379 e. The predicted octanol–water partition coefficient (Wildman–Crippen LogP) is 0.993. The molecule has 0 aromatic carbocycles. The van der Waals surface area contributed by atoms with Gasteiger partial charge in [-0.25, -0.2) is 0 Å². The van der Waals surface area contributed by atoms with Gasteiger partial charge in [0.15, 0.2) is 5.96 Å². The van der Waals surface area contributed by atoms with Crippen LogP contribution in [-0.2, 0) is 9.47 Å². The average molecular weight is 483 g/mol. The van der Waals surface area contributed by atoms with Crippen LogP contribution in [0, 0.1) is 0 Å². The fraction of sp³-hybridized carbons (Fsp3) is 0.944. The van der Waals surface area contributed by atoms with Gasteiger partial charge in [0.25, 0.3) is 0 Å². The normalized spacial score (nSPS) is 22.2. The molecule has 154 valence electrons. The number of aliphatic imine (C=N–C) groups is 1. The Hall–Kier alpha value is -0.160. The van der Waals surface area contributed by atoms with Crippen molar-refractivity contribution in [3.63, 3.8) is 0 Å². The number of halogens is 1. The molecule has 0 spiro atoms. The van der Waals surface area contributed by atoms with Crippen molar-refractivity contribution in [2.75, 3.05) is 79.2 Å². The van der Waals surface area contributed by atoms with Crippen LogP contribution in [0.4, 0.5) is 0 Å². The highest BCUT2D eigenvalue weighted by Crippen LogP contribution is 2.11. The van der Waals surface area contributed by atoms with E-state index in [9.17, 15) is 0 Å². The molecular weight excluding hydrogens is 445 g/mol. The van der Waals surface area contributed by atoms with Crippen molar-refractivity contribution in [3.8, 4) is 0 Å². The molecule has 2 fully saturated rings. The molecule has 1 atom stereocenters. The molecule has 2 heterocycles. The first-order chi connectivity index (χ1) is 12.3. The SMILES string of the molecule is CCN1CCN(CCNC(=NC)NCCCOCC2CCCO2)CC1.I. The van der Waals surface area contributed by atoms with E-state index in [0.29, 0.717) is 6.10 Å². The molecule has 0 amide bonds. The summed E-state index contributed by atoms with van der Waals surface area (Å²) in [5.41, 5.74) is 0. The number of piperazine rings is 1. The standard InChI is InChI=1S/C18H37N5O2.HI/c1-3-22-10-12-23(13-11-22)9-8-21-18(19-2)20-7-5-14-24-16-17-6-4-15-25-17;/h17H,3-16H2,1-2H3,(H2,19,20,21);1H. The van der Waals surface area contributed by atoms with Crippen LogP contribution < -0.4 is 10.6 Å². The Morgan fingerprint density at radius 1 is 1.15 bits per heavy atom. The number of hydrogen-bond acceptors (Lipinski definition) is 5. The summed E-state index contributed by atoms with van der Waals surface area (Å²) in [6.07, 6.45) is 3.61. The molecular formula is C18H38IN5O2. The number of nitrogens with one attached hydrogen (secondary N) is 2. The number of rotatable bonds is 10. The summed E-state index contributed by atoms with van der Waals surface area (Å²) in [6, 6.07) is 0. The number of likely N-dealkylation sites (N-methyl/N-ethyl adjacent to an activating group) is 1. The lowest BCUT2D eigenvalue weighted by Gasteiger charge is -2.34. The fourth-order valence-electron chi connectivity index (χ4n) is 3.25. The zero-order valence-electron chi connectivity index (χ0n) is 16.5. The summed E-state index contributed by atoms with van der Waals surface area (Å²) in [6.45, 7) is 13.4. The molecule has 0 bridgehead atoms. The monoisotopic (exact) mass is 483 g/mol. The van der Waals surface area contributed by atoms with Crippen molar-refractivity contribution in [1.82, 2.24) is 20.4 Å². The maximum atomic E-state index is 5.68. The molecule has 2 saturated heterocycles. The number of guanidine groups is 1. The van der Waals surface area contributed by atoms with Gasteiger partial charge < -0.3 is 25.0 Å². The number of nitrogens with zero attached hydrogens (tertiary/aromatic N) is 3. The molecule has 26 heavy (non-hydrogen) atoms. The third-order valence-corrected chi connectivity index (χ3v) is 4.94. The quantitative estimate of drug-likeness (QED) is 0.209. The van der Waals surface area contributed by atoms with Crippen molar-refractivity contribution >= 4 is 29.9 Å². The van der Waals surface area contributed by atoms with E-state index >= 15 is 0 Å². The minimum absolute atomic E-state index is 0. The molecule has 2 rings (SSSR count). The topological polar surface area (TPSA) is 61.4 Å². The first-order valence-electron chi connectivity index (χ1n) is 9.90. The highest BCUT2D eigenvalue weighted by atomic mass is 127. The van der Waals surface area contributed by atoms with E-state index in [1.807, 2.05) is 7.05 Å². The highest BCUT2D eigenvalue weighted by molar-refractivity contribution is 14.0. The fourth-order valence-corrected chi connectivity index (χ4v) is 3.25. The lowest BCUT2D eigenvalue weighted by Crippen LogP contribution is -2.49. The van der Waals surface area contributed by atoms with Gasteiger partial charge in [-0.3, -0.25) is 9.89 Å². The Bertz CT molecular complexity index is 373. The van der Waals surface area contributed by atoms with E-state index in [-0.39, 0.29) is 24.0 Å². The van der Waals surface area contributed by atoms with Crippen LogP contribution >= 0.6 is 24.0 Å². The lowest BCUT2D eigenvalue weighted by molar-refractivity contribution is 0.0168. The number of hydrogen-bond donors (Lipinski definition) is 2. The maximum absolute atomic E-state index is 5.68. The number of ether oxygens (including phenoxy) is 2. The van der Waals surface area contributed by atoms with Crippen LogP contribution in [0.15, 0.2) is 4.99 Å². The molecule has 0 aromatic heterocycles. The Labute approximate surface area is 176 Å². The van der Waals surface area contributed by atoms with Crippen LogP contribution in [0.3, 0.4) is 0 Å². The van der Waals surface area contributed by atoms with Crippen molar-refractivity contribution in [2.45, 2.75) is 32.3 Å². The largest absolute Gasteiger partial charge is 0.379 e. The van der Waals surface area contributed by atoms with Gasteiger partial charge in [0, 0.05) is 66.1 Å². The van der Waals surface area contributed by atoms with E-state index in [0.717, 1.165) is 58.3 Å². The lowest BCUT2D eigenvalue weighted by atomic mass is 10.2. The highest BCUT2D eigenvalue weighted by Gasteiger charge is 2.15. The second-order valence-corrected chi connectivity index (χ2v) is 6.77. The first-order valence-corrected chi connectivity index (χ1v) is 9.90. The van der Waals surface area contributed by atoms with Gasteiger partial charge >= 0.3 is 0 Å². The molecule has 2 aliphatic rings. The summed E-state index contributed by atoms with van der Waals surface area (Å²) in [5.74, 6) is 0.881. The van der Waals surface area contributed by atoms with Gasteiger partial charge in [0.1, 0.15) is 0 Å². The van der Waals surface area contributed by atoms with Crippen LogP contribution in [0.5, 0.6) is 0 Å². The van der Waals surface area contributed by atoms with Gasteiger partial charge in [-0.2, -0.15) is 0 Å². The molecule has 0 aliphatic carbocycles. The van der Waals surface area contributed by atoms with Gasteiger partial charge in [-0.1, -0.05) is 6.92 Å². The van der Waals surface area contributed by atoms with Crippen molar-refractivity contribution in [1.29, 1.82) is 0 Å². The van der Waals surface area contributed by atoms with Crippen molar-refractivity contribution in [3.05, 3.63) is 0 Å². The van der Waals surface area contributed by atoms with Gasteiger partial charge in [0.05, 0.1) is 12.7 Å². The second-order valence-electron chi connectivity index (χ2n) is 6.77. The summed E-state index contributed by atoms with van der Waals surface area (Å²) in [4.78, 5) is 9.31. The van der Waals surface area contributed by atoms with Gasteiger partial charge in [-0.15, -0.1) is 24.0 Å². The molecule has 2 aliphatic heterocycles. The molecule has 2 N–H and O–H groups in total. The Balaban J connectivity index is 0.00000338. The smallest absolute Gasteiger partial charge is 0.191 e. The Morgan fingerprint density at radius 3 is 2.54 bits per heavy atom. The zero-order chi connectivity index (χ0) is 17.7. The van der Waals surface area contributed by atoms with E-state index in [1.165, 1.54) is 39.1 Å². The Morgan fingerprint density at radius 2 is 1.88 bits per heavy atom. The third-order valence-electron chi connectivity index (χ3n) is 4.94. The summed E-state index contributed by atoms with van der Waals surface area (Å²) in [5, 5.41) is 6.75. The van der Waals surface area contributed by atoms with Crippen molar-refractivity contribution in [2.24, 2.45) is 4.99 Å². The van der Waals surface area contributed by atoms with Crippen LogP contribution in [0.1, 0.15) is 26.2 Å². The summed E-state index contributed by atoms with van der Waals surface area (Å²) < 4.78 is 11.2. The predicted molar refractivity (Wildman–Crippen MR) is 118 cm³/mol. The molecule has 8 heteroatoms. The van der Waals surface area contributed by atoms with E-state index < -0.39 is 0 Å². The van der Waals surface area contributed by atoms with E-state index in [1.54, 1.807) is 0 Å². The minimum atomic E-state index is 0. The summed E-state index contributed by atoms with van der Waals surface area (Å²) in [7, 11) is 1.82. The summed E-state index contributed by atoms with van der Waals surface area (Å²) >= 11 is 0. The van der Waals surface area contributed by atoms with Crippen LogP contribution in [-0.4, -0.2) is 101 Å². The average Bonchev–Trinajstić information content (AvgIpc) is 3.17. The molecule has 0 saturated carbocycles. The second kappa shape index (κ2) is 14.8. The molecule has 0 radical (unpaired) electrons. The maximum Gasteiger partial charge on any atom is 0.191 e. The Kier molecular flexibility index (Phi) is 13.6. The molecule has 7 nitrogen and oxygen atoms in total. The molecule has 1 unspecified atom stereocenters. The van der Waals surface area contributed by atoms with Crippen molar-refractivity contribution < 1.29 is 9.47 Å². The van der Waals surface area contributed by atoms with Crippen LogP contribution in [0.25, 0.3) is 0 Å². The van der Waals surface area contributed by atoms with E-state index in [4.69, 9.17) is 9.47 Å². The van der Waals surface area contributed by atoms with Crippen LogP contribution in [0.2, 0.25) is 0 Å². The zero-order valence-corrected chi connectivity index (χ0v) is 18.9. The first kappa shape index (κ1) is 23.9. The third kappa shape index (κ3) is 9.68. The van der Waals surface area contributed by atoms with Gasteiger partial charge in [-0.05, 0) is 25.8 Å². The van der Waals surface area contributed by atoms with Gasteiger partial charge in [0.2, 0.25) is 0 Å². The molecule has 0 aromatic rings. The van der Waals surface area contributed by atoms with E-state index in [2.05, 4.69) is 32.3 Å².